The van der Waals surface area contributed by atoms with Crippen molar-refractivity contribution in [1.29, 1.82) is 0 Å². The van der Waals surface area contributed by atoms with Crippen molar-refractivity contribution in [2.75, 3.05) is 5.75 Å². The highest BCUT2D eigenvalue weighted by molar-refractivity contribution is 7.96. The Bertz CT molecular complexity index is 271. The van der Waals surface area contributed by atoms with Gasteiger partial charge in [0.2, 0.25) is 0 Å². The third kappa shape index (κ3) is 6.12. The monoisotopic (exact) mass is 248 g/mol. The molecular formula is C4H8O8S2. The predicted molar refractivity (Wildman–Crippen MR) is 44.8 cm³/mol. The molecule has 1 unspecified atom stereocenters. The van der Waals surface area contributed by atoms with Crippen LogP contribution in [0.3, 0.4) is 0 Å². The van der Waals surface area contributed by atoms with Crippen LogP contribution in [0.4, 0.5) is 0 Å². The number of aliphatic carboxylic acids is 1. The smallest absolute Gasteiger partial charge is 0.304 e. The van der Waals surface area contributed by atoms with Crippen molar-refractivity contribution in [2.45, 2.75) is 11.7 Å². The molecule has 0 rings (SSSR count). The molecule has 0 aromatic rings. The fourth-order valence-electron chi connectivity index (χ4n) is 0.570. The summed E-state index contributed by atoms with van der Waals surface area (Å²) in [6.07, 6.45) is -0.763. The van der Waals surface area contributed by atoms with Gasteiger partial charge in [-0.15, -0.1) is 4.33 Å². The van der Waals surface area contributed by atoms with Crippen molar-refractivity contribution in [1.82, 2.24) is 0 Å². The molecule has 0 spiro atoms. The summed E-state index contributed by atoms with van der Waals surface area (Å²) in [5.41, 5.74) is 0. The molecule has 3 N–H and O–H groups in total. The number of carboxylic acids is 1. The van der Waals surface area contributed by atoms with Crippen LogP contribution in [0.1, 0.15) is 6.42 Å². The maximum Gasteiger partial charge on any atom is 0.304 e. The van der Waals surface area contributed by atoms with E-state index in [1.54, 1.807) is 0 Å². The number of carbonyl (C=O) groups is 1. The third-order valence-electron chi connectivity index (χ3n) is 1.16. The average molecular weight is 248 g/mol. The van der Waals surface area contributed by atoms with Crippen LogP contribution in [0.15, 0.2) is 0 Å². The fraction of sp³-hybridized carbons (Fsp3) is 0.750. The van der Waals surface area contributed by atoms with Crippen LogP contribution in [0.25, 0.3) is 0 Å². The number of hydrogen-bond acceptors (Lipinski definition) is 7. The van der Waals surface area contributed by atoms with Crippen LogP contribution in [-0.2, 0) is 24.3 Å². The van der Waals surface area contributed by atoms with Gasteiger partial charge in [0.15, 0.2) is 0 Å². The molecule has 0 aliphatic rings. The molecule has 84 valence electrons. The summed E-state index contributed by atoms with van der Waals surface area (Å²) < 4.78 is 33.6. The molecule has 14 heavy (non-hydrogen) atoms. The van der Waals surface area contributed by atoms with Crippen molar-refractivity contribution >= 4 is 28.1 Å². The summed E-state index contributed by atoms with van der Waals surface area (Å²) >= 11 is 0.355. The van der Waals surface area contributed by atoms with E-state index in [2.05, 4.69) is 9.37 Å². The van der Waals surface area contributed by atoms with Crippen LogP contribution in [0.5, 0.6) is 0 Å². The van der Waals surface area contributed by atoms with Gasteiger partial charge in [0, 0.05) is 17.8 Å². The maximum absolute atomic E-state index is 10.6. The van der Waals surface area contributed by atoms with Crippen LogP contribution in [-0.4, -0.2) is 40.3 Å². The Morgan fingerprint density at radius 3 is 2.43 bits per heavy atom. The summed E-state index contributed by atoms with van der Waals surface area (Å²) in [5, 5.41) is 17.6. The average Bonchev–Trinajstić information content (AvgIpc) is 2.00. The van der Waals surface area contributed by atoms with E-state index in [1.807, 2.05) is 0 Å². The SMILES string of the molecule is O=C(O)CC(CSOOO)S(=O)(=O)O. The second kappa shape index (κ2) is 6.16. The zero-order chi connectivity index (χ0) is 11.2. The van der Waals surface area contributed by atoms with E-state index in [4.69, 9.17) is 14.9 Å². The van der Waals surface area contributed by atoms with Gasteiger partial charge in [-0.3, -0.25) is 9.35 Å². The molecule has 0 aliphatic carbocycles. The Morgan fingerprint density at radius 2 is 2.07 bits per heavy atom. The predicted octanol–water partition coefficient (Wildman–Crippen LogP) is -0.213. The highest BCUT2D eigenvalue weighted by Gasteiger charge is 2.26. The highest BCUT2D eigenvalue weighted by Crippen LogP contribution is 2.13. The van der Waals surface area contributed by atoms with Crippen LogP contribution < -0.4 is 0 Å². The molecule has 0 aromatic carbocycles. The van der Waals surface area contributed by atoms with Gasteiger partial charge in [-0.2, -0.15) is 8.42 Å². The Morgan fingerprint density at radius 1 is 1.50 bits per heavy atom. The first-order valence-corrected chi connectivity index (χ1v) is 5.57. The molecular weight excluding hydrogens is 240 g/mol. The van der Waals surface area contributed by atoms with Crippen molar-refractivity contribution in [2.24, 2.45) is 0 Å². The zero-order valence-electron chi connectivity index (χ0n) is 6.69. The molecule has 0 aromatic heterocycles. The van der Waals surface area contributed by atoms with E-state index in [0.717, 1.165) is 0 Å². The fourth-order valence-corrected chi connectivity index (χ4v) is 2.15. The quantitative estimate of drug-likeness (QED) is 0.184. The van der Waals surface area contributed by atoms with Gasteiger partial charge >= 0.3 is 5.97 Å². The summed E-state index contributed by atoms with van der Waals surface area (Å²) in [6.45, 7) is 0. The summed E-state index contributed by atoms with van der Waals surface area (Å²) in [5.74, 6) is -1.76. The number of carboxylic acid groups (broad SMARTS) is 1. The molecule has 0 amide bonds. The van der Waals surface area contributed by atoms with E-state index in [9.17, 15) is 13.2 Å². The van der Waals surface area contributed by atoms with Gasteiger partial charge in [0.05, 0.1) is 6.42 Å². The third-order valence-corrected chi connectivity index (χ3v) is 3.24. The van der Waals surface area contributed by atoms with E-state index in [-0.39, 0.29) is 5.75 Å². The standard InChI is InChI=1S/C4H8O8S2/c5-4(6)1-3(14(8,9)10)2-13-12-11-7/h3,7H,1-2H2,(H,5,6)(H,8,9,10). The Balaban J connectivity index is 4.20. The normalized spacial score (nSPS) is 13.9. The van der Waals surface area contributed by atoms with Gasteiger partial charge < -0.3 is 5.11 Å². The second-order valence-corrected chi connectivity index (χ2v) is 4.56. The maximum atomic E-state index is 10.6. The molecule has 0 saturated heterocycles. The van der Waals surface area contributed by atoms with Crippen LogP contribution in [0, 0.1) is 0 Å². The first-order valence-electron chi connectivity index (χ1n) is 3.15. The van der Waals surface area contributed by atoms with E-state index < -0.39 is 27.8 Å². The first kappa shape index (κ1) is 13.6. The summed E-state index contributed by atoms with van der Waals surface area (Å²) in [4.78, 5) is 10.2. The lowest BCUT2D eigenvalue weighted by molar-refractivity contribution is -0.432. The first-order chi connectivity index (χ1) is 6.38. The molecule has 0 fully saturated rings. The molecule has 1 atom stereocenters. The summed E-state index contributed by atoms with van der Waals surface area (Å²) in [6, 6.07) is 0. The van der Waals surface area contributed by atoms with E-state index >= 15 is 0 Å². The topological polar surface area (TPSA) is 130 Å². The number of rotatable bonds is 7. The Kier molecular flexibility index (Phi) is 5.99. The summed E-state index contributed by atoms with van der Waals surface area (Å²) in [7, 11) is -4.46. The van der Waals surface area contributed by atoms with Crippen molar-refractivity contribution in [3.05, 3.63) is 0 Å². The van der Waals surface area contributed by atoms with Gasteiger partial charge in [0.25, 0.3) is 10.1 Å². The lowest BCUT2D eigenvalue weighted by Crippen LogP contribution is -2.26. The van der Waals surface area contributed by atoms with Crippen molar-refractivity contribution in [3.63, 3.8) is 0 Å². The minimum atomic E-state index is -4.46. The second-order valence-electron chi connectivity index (χ2n) is 2.16. The minimum absolute atomic E-state index is 0.355. The van der Waals surface area contributed by atoms with E-state index in [0.29, 0.717) is 12.0 Å². The lowest BCUT2D eigenvalue weighted by atomic mass is 10.3. The zero-order valence-corrected chi connectivity index (χ0v) is 8.32. The van der Waals surface area contributed by atoms with Crippen molar-refractivity contribution < 1.29 is 37.5 Å². The van der Waals surface area contributed by atoms with Gasteiger partial charge in [-0.05, 0) is 0 Å². The van der Waals surface area contributed by atoms with Gasteiger partial charge in [-0.1, -0.05) is 5.04 Å². The van der Waals surface area contributed by atoms with Gasteiger partial charge in [-0.25, -0.2) is 5.26 Å². The molecule has 10 heteroatoms. The van der Waals surface area contributed by atoms with E-state index in [1.165, 1.54) is 0 Å². The Labute approximate surface area is 83.6 Å². The van der Waals surface area contributed by atoms with Crippen molar-refractivity contribution in [3.8, 4) is 0 Å². The lowest BCUT2D eigenvalue weighted by Gasteiger charge is -2.08. The molecule has 0 bridgehead atoms. The molecule has 0 saturated carbocycles. The molecule has 0 aliphatic heterocycles. The molecule has 0 heterocycles. The largest absolute Gasteiger partial charge is 0.481 e. The van der Waals surface area contributed by atoms with Crippen LogP contribution in [0.2, 0.25) is 0 Å². The van der Waals surface area contributed by atoms with Gasteiger partial charge in [0.1, 0.15) is 5.25 Å². The Hall–Kier alpha value is -0.390. The molecule has 8 nitrogen and oxygen atoms in total. The minimum Gasteiger partial charge on any atom is -0.481 e. The highest BCUT2D eigenvalue weighted by atomic mass is 32.2. The number of hydrogen-bond donors (Lipinski definition) is 3. The molecule has 0 radical (unpaired) electrons. The van der Waals surface area contributed by atoms with Crippen LogP contribution >= 0.6 is 12.0 Å².